The molecule has 3 aromatic carbocycles. The number of nitrogens with zero attached hydrogens (tertiary/aromatic N) is 1. The van der Waals surface area contributed by atoms with E-state index < -0.39 is 35.1 Å². The summed E-state index contributed by atoms with van der Waals surface area (Å²) in [6, 6.07) is 13.8. The topological polar surface area (TPSA) is 66.8 Å². The molecule has 0 saturated carbocycles. The summed E-state index contributed by atoms with van der Waals surface area (Å²) >= 11 is 6.08. The van der Waals surface area contributed by atoms with Gasteiger partial charge in [-0.2, -0.15) is 0 Å². The highest BCUT2D eigenvalue weighted by Gasteiger charge is 2.47. The quantitative estimate of drug-likeness (QED) is 0.331. The van der Waals surface area contributed by atoms with Crippen molar-refractivity contribution in [3.05, 3.63) is 100 Å². The molecular weight excluding hydrogens is 440 g/mol. The smallest absolute Gasteiger partial charge is 0.300 e. The molecule has 1 amide bonds. The summed E-state index contributed by atoms with van der Waals surface area (Å²) in [6.45, 7) is 0. The van der Waals surface area contributed by atoms with Gasteiger partial charge in [0.25, 0.3) is 11.7 Å². The van der Waals surface area contributed by atoms with Crippen LogP contribution >= 0.6 is 11.6 Å². The minimum atomic E-state index is -1.11. The number of amides is 1. The summed E-state index contributed by atoms with van der Waals surface area (Å²) < 4.78 is 32.7. The van der Waals surface area contributed by atoms with E-state index in [-0.39, 0.29) is 16.9 Å². The number of Topliss-reactive ketones (excluding diaryl/α,β-unsaturated/α-hetero) is 1. The van der Waals surface area contributed by atoms with Crippen molar-refractivity contribution in [2.24, 2.45) is 0 Å². The highest BCUT2D eigenvalue weighted by atomic mass is 35.5. The van der Waals surface area contributed by atoms with Crippen LogP contribution in [0.3, 0.4) is 0 Å². The Labute approximate surface area is 187 Å². The number of anilines is 1. The van der Waals surface area contributed by atoms with Gasteiger partial charge in [-0.05, 0) is 54.1 Å². The number of aliphatic hydroxyl groups is 1. The number of rotatable bonds is 4. The monoisotopic (exact) mass is 455 g/mol. The van der Waals surface area contributed by atoms with Gasteiger partial charge in [-0.1, -0.05) is 29.8 Å². The van der Waals surface area contributed by atoms with Crippen LogP contribution in [0, 0.1) is 11.6 Å². The molecule has 1 aliphatic rings. The van der Waals surface area contributed by atoms with Gasteiger partial charge in [0.05, 0.1) is 24.3 Å². The highest BCUT2D eigenvalue weighted by Crippen LogP contribution is 2.43. The largest absolute Gasteiger partial charge is 0.507 e. The first-order valence-electron chi connectivity index (χ1n) is 9.47. The molecule has 0 aliphatic carbocycles. The van der Waals surface area contributed by atoms with Crippen LogP contribution in [0.5, 0.6) is 5.75 Å². The van der Waals surface area contributed by atoms with E-state index in [0.29, 0.717) is 16.3 Å². The van der Waals surface area contributed by atoms with Crippen molar-refractivity contribution in [1.29, 1.82) is 0 Å². The van der Waals surface area contributed by atoms with Crippen molar-refractivity contribution >= 4 is 34.7 Å². The number of methoxy groups -OCH3 is 1. The lowest BCUT2D eigenvalue weighted by molar-refractivity contribution is -0.132. The predicted molar refractivity (Wildman–Crippen MR) is 116 cm³/mol. The predicted octanol–water partition coefficient (Wildman–Crippen LogP) is 5.25. The molecule has 4 rings (SSSR count). The third-order valence-electron chi connectivity index (χ3n) is 5.13. The minimum absolute atomic E-state index is 0.0938. The van der Waals surface area contributed by atoms with Gasteiger partial charge in [-0.3, -0.25) is 14.5 Å². The Hall–Kier alpha value is -3.71. The van der Waals surface area contributed by atoms with Crippen LogP contribution in [0.1, 0.15) is 17.2 Å². The number of aliphatic hydroxyl groups excluding tert-OH is 1. The Morgan fingerprint density at radius 1 is 1.00 bits per heavy atom. The lowest BCUT2D eigenvalue weighted by Crippen LogP contribution is -2.29. The van der Waals surface area contributed by atoms with Crippen molar-refractivity contribution in [3.8, 4) is 5.75 Å². The second kappa shape index (κ2) is 8.43. The third kappa shape index (κ3) is 3.71. The lowest BCUT2D eigenvalue weighted by Gasteiger charge is -2.25. The number of carbonyl (C=O) groups excluding carboxylic acids is 2. The fourth-order valence-electron chi connectivity index (χ4n) is 3.70. The highest BCUT2D eigenvalue weighted by molar-refractivity contribution is 6.51. The zero-order chi connectivity index (χ0) is 23.0. The van der Waals surface area contributed by atoms with Crippen LogP contribution in [-0.4, -0.2) is 23.9 Å². The van der Waals surface area contributed by atoms with Crippen LogP contribution in [0.25, 0.3) is 5.76 Å². The molecule has 1 aliphatic heterocycles. The van der Waals surface area contributed by atoms with Gasteiger partial charge >= 0.3 is 0 Å². The number of ketones is 1. The SMILES string of the molecule is COc1ccc(F)cc1/C(O)=C1\C(=O)C(=O)N(c2cccc(Cl)c2)C1c1ccc(F)cc1. The van der Waals surface area contributed by atoms with Crippen molar-refractivity contribution in [2.45, 2.75) is 6.04 Å². The lowest BCUT2D eigenvalue weighted by atomic mass is 9.94. The number of carbonyl (C=O) groups is 2. The molecule has 8 heteroatoms. The van der Waals surface area contributed by atoms with Gasteiger partial charge in [0, 0.05) is 10.7 Å². The Morgan fingerprint density at radius 3 is 2.34 bits per heavy atom. The van der Waals surface area contributed by atoms with Crippen molar-refractivity contribution in [2.75, 3.05) is 12.0 Å². The van der Waals surface area contributed by atoms with E-state index in [9.17, 15) is 23.5 Å². The van der Waals surface area contributed by atoms with E-state index in [2.05, 4.69) is 0 Å². The molecule has 0 spiro atoms. The number of halogens is 3. The molecule has 32 heavy (non-hydrogen) atoms. The van der Waals surface area contributed by atoms with Gasteiger partial charge < -0.3 is 9.84 Å². The second-order valence-corrected chi connectivity index (χ2v) is 7.48. The molecule has 0 radical (unpaired) electrons. The summed E-state index contributed by atoms with van der Waals surface area (Å²) in [4.78, 5) is 27.3. The maximum atomic E-state index is 13.9. The normalized spacial score (nSPS) is 17.6. The van der Waals surface area contributed by atoms with E-state index in [4.69, 9.17) is 16.3 Å². The molecule has 1 N–H and O–H groups in total. The van der Waals surface area contributed by atoms with Crippen LogP contribution in [0.4, 0.5) is 14.5 Å². The number of hydrogen-bond acceptors (Lipinski definition) is 4. The van der Waals surface area contributed by atoms with Crippen LogP contribution in [0.15, 0.2) is 72.3 Å². The molecule has 0 bridgehead atoms. The van der Waals surface area contributed by atoms with E-state index in [1.54, 1.807) is 18.2 Å². The average Bonchev–Trinajstić information content (AvgIpc) is 3.04. The summed E-state index contributed by atoms with van der Waals surface area (Å²) in [7, 11) is 1.33. The van der Waals surface area contributed by atoms with Crippen LogP contribution in [0.2, 0.25) is 5.02 Å². The molecule has 3 aromatic rings. The average molecular weight is 456 g/mol. The third-order valence-corrected chi connectivity index (χ3v) is 5.37. The molecule has 162 valence electrons. The molecule has 5 nitrogen and oxygen atoms in total. The second-order valence-electron chi connectivity index (χ2n) is 7.05. The van der Waals surface area contributed by atoms with Gasteiger partial charge in [0.1, 0.15) is 23.1 Å². The van der Waals surface area contributed by atoms with Gasteiger partial charge in [0.15, 0.2) is 0 Å². The molecule has 1 atom stereocenters. The fourth-order valence-corrected chi connectivity index (χ4v) is 3.88. The van der Waals surface area contributed by atoms with Crippen molar-refractivity contribution in [3.63, 3.8) is 0 Å². The number of benzene rings is 3. The first-order chi connectivity index (χ1) is 15.3. The Kier molecular flexibility index (Phi) is 5.67. The van der Waals surface area contributed by atoms with E-state index in [0.717, 1.165) is 12.1 Å². The Bertz CT molecular complexity index is 1260. The first-order valence-corrected chi connectivity index (χ1v) is 9.85. The maximum Gasteiger partial charge on any atom is 0.300 e. The zero-order valence-electron chi connectivity index (χ0n) is 16.7. The van der Waals surface area contributed by atoms with E-state index in [1.807, 2.05) is 0 Å². The standard InChI is InChI=1S/C24H16ClF2NO4/c1-32-19-10-9-16(27)12-18(19)22(29)20-21(13-5-7-15(26)8-6-13)28(24(31)23(20)30)17-4-2-3-14(25)11-17/h2-12,21,29H,1H3/b22-20+. The maximum absolute atomic E-state index is 13.9. The van der Waals surface area contributed by atoms with Gasteiger partial charge in [0.2, 0.25) is 0 Å². The number of hydrogen-bond donors (Lipinski definition) is 1. The van der Waals surface area contributed by atoms with Gasteiger partial charge in [-0.25, -0.2) is 8.78 Å². The van der Waals surface area contributed by atoms with E-state index in [1.165, 1.54) is 48.4 Å². The first kappa shape index (κ1) is 21.5. The molecule has 0 aromatic heterocycles. The Morgan fingerprint density at radius 2 is 1.69 bits per heavy atom. The minimum Gasteiger partial charge on any atom is -0.507 e. The Balaban J connectivity index is 1.99. The fraction of sp³-hybridized carbons (Fsp3) is 0.0833. The molecule has 1 saturated heterocycles. The molecule has 1 fully saturated rings. The van der Waals surface area contributed by atoms with E-state index >= 15 is 0 Å². The van der Waals surface area contributed by atoms with Gasteiger partial charge in [-0.15, -0.1) is 0 Å². The summed E-state index contributed by atoms with van der Waals surface area (Å²) in [5, 5.41) is 11.4. The molecule has 1 unspecified atom stereocenters. The molecular formula is C24H16ClF2NO4. The van der Waals surface area contributed by atoms with Crippen LogP contribution in [-0.2, 0) is 9.59 Å². The zero-order valence-corrected chi connectivity index (χ0v) is 17.4. The van der Waals surface area contributed by atoms with Crippen molar-refractivity contribution < 1.29 is 28.2 Å². The van der Waals surface area contributed by atoms with Crippen LogP contribution < -0.4 is 9.64 Å². The molecule has 1 heterocycles. The van der Waals surface area contributed by atoms with Crippen molar-refractivity contribution in [1.82, 2.24) is 0 Å². The number of ether oxygens (including phenoxy) is 1. The summed E-state index contributed by atoms with van der Waals surface area (Å²) in [5.74, 6) is -3.59. The summed E-state index contributed by atoms with van der Waals surface area (Å²) in [6.07, 6.45) is 0. The summed E-state index contributed by atoms with van der Waals surface area (Å²) in [5.41, 5.74) is 0.288.